The lowest BCUT2D eigenvalue weighted by Crippen LogP contribution is -2.00. The fourth-order valence-electron chi connectivity index (χ4n) is 3.00. The van der Waals surface area contributed by atoms with E-state index in [9.17, 15) is 4.79 Å². The summed E-state index contributed by atoms with van der Waals surface area (Å²) >= 11 is 0. The van der Waals surface area contributed by atoms with Gasteiger partial charge in [0.2, 0.25) is 0 Å². The number of aromatic nitrogens is 2. The van der Waals surface area contributed by atoms with Gasteiger partial charge in [-0.2, -0.15) is 0 Å². The second-order valence-electron chi connectivity index (χ2n) is 5.43. The van der Waals surface area contributed by atoms with E-state index in [2.05, 4.69) is 24.2 Å². The molecule has 0 bridgehead atoms. The topological polar surface area (TPSA) is 58.0 Å². The zero-order valence-electron chi connectivity index (χ0n) is 12.0. The van der Waals surface area contributed by atoms with E-state index in [1.807, 2.05) is 29.1 Å². The van der Waals surface area contributed by atoms with Gasteiger partial charge in [-0.3, -0.25) is 9.78 Å². The van der Waals surface area contributed by atoms with Crippen LogP contribution in [0, 0.1) is 6.92 Å². The van der Waals surface area contributed by atoms with E-state index in [1.54, 1.807) is 18.2 Å². The zero-order chi connectivity index (χ0) is 15.3. The number of carboxylic acids is 1. The first-order valence-electron chi connectivity index (χ1n) is 7.07. The van der Waals surface area contributed by atoms with Crippen molar-refractivity contribution in [1.29, 1.82) is 0 Å². The zero-order valence-corrected chi connectivity index (χ0v) is 12.0. The standard InChI is InChI=1S/C18H14N2O2/c1-11-14-7-2-3-8-15(14)17-16(11)10-20(19-17)13-6-4-5-12(9-13)18(21)22/h2-10,19H,1H3,(H,21,22). The lowest BCUT2D eigenvalue weighted by molar-refractivity contribution is 0.0697. The maximum Gasteiger partial charge on any atom is 0.335 e. The van der Waals surface area contributed by atoms with E-state index in [-0.39, 0.29) is 5.56 Å². The number of hydrogen-bond donors (Lipinski definition) is 2. The highest BCUT2D eigenvalue weighted by atomic mass is 16.4. The van der Waals surface area contributed by atoms with Gasteiger partial charge in [0.15, 0.2) is 0 Å². The molecular weight excluding hydrogens is 276 g/mol. The molecular formula is C18H14N2O2. The van der Waals surface area contributed by atoms with E-state index in [0.717, 1.165) is 16.9 Å². The van der Waals surface area contributed by atoms with Crippen LogP contribution in [0.5, 0.6) is 0 Å². The van der Waals surface area contributed by atoms with Crippen LogP contribution in [0.25, 0.3) is 27.7 Å². The third-order valence-electron chi connectivity index (χ3n) is 4.14. The number of hydrogen-bond acceptors (Lipinski definition) is 1. The van der Waals surface area contributed by atoms with Crippen molar-refractivity contribution in [3.63, 3.8) is 0 Å². The third kappa shape index (κ3) is 1.74. The molecule has 108 valence electrons. The molecule has 2 N–H and O–H groups in total. The molecule has 1 heterocycles. The number of benzene rings is 2. The predicted octanol–water partition coefficient (Wildman–Crippen LogP) is 4.07. The SMILES string of the molecule is Cc1c2cn(-c3cccc(C(=O)O)c3)[nH]c-2c2ccccc12. The molecule has 2 aliphatic rings. The quantitative estimate of drug-likeness (QED) is 0.584. The summed E-state index contributed by atoms with van der Waals surface area (Å²) < 4.78 is 1.87. The summed E-state index contributed by atoms with van der Waals surface area (Å²) in [5.41, 5.74) is 4.55. The minimum Gasteiger partial charge on any atom is -0.478 e. The summed E-state index contributed by atoms with van der Waals surface area (Å²) in [6.07, 6.45) is 2.02. The highest BCUT2D eigenvalue weighted by Crippen LogP contribution is 2.37. The summed E-state index contributed by atoms with van der Waals surface area (Å²) in [4.78, 5) is 11.1. The van der Waals surface area contributed by atoms with Crippen LogP contribution in [0.3, 0.4) is 0 Å². The summed E-state index contributed by atoms with van der Waals surface area (Å²) in [6, 6.07) is 15.2. The Kier molecular flexibility index (Phi) is 2.60. The van der Waals surface area contributed by atoms with Crippen LogP contribution in [-0.2, 0) is 0 Å². The maximum absolute atomic E-state index is 11.1. The Balaban J connectivity index is 1.94. The van der Waals surface area contributed by atoms with Crippen LogP contribution in [0.15, 0.2) is 54.7 Å². The minimum absolute atomic E-state index is 0.279. The molecule has 1 aliphatic carbocycles. The van der Waals surface area contributed by atoms with Gasteiger partial charge in [0.1, 0.15) is 0 Å². The van der Waals surface area contributed by atoms with Crippen LogP contribution < -0.4 is 0 Å². The highest BCUT2D eigenvalue weighted by molar-refractivity contribution is 6.04. The molecule has 4 rings (SSSR count). The number of nitrogens with zero attached hydrogens (tertiary/aromatic N) is 1. The Morgan fingerprint density at radius 2 is 1.86 bits per heavy atom. The number of fused-ring (bicyclic) bond motifs is 3. The Morgan fingerprint density at radius 1 is 1.09 bits per heavy atom. The van der Waals surface area contributed by atoms with E-state index < -0.39 is 5.97 Å². The molecule has 0 amide bonds. The van der Waals surface area contributed by atoms with Crippen molar-refractivity contribution >= 4 is 16.7 Å². The van der Waals surface area contributed by atoms with Gasteiger partial charge in [-0.05, 0) is 36.1 Å². The van der Waals surface area contributed by atoms with Crippen LogP contribution >= 0.6 is 0 Å². The molecule has 4 heteroatoms. The molecule has 4 nitrogen and oxygen atoms in total. The van der Waals surface area contributed by atoms with Gasteiger partial charge in [-0.25, -0.2) is 4.79 Å². The lowest BCUT2D eigenvalue weighted by atomic mass is 10.2. The van der Waals surface area contributed by atoms with E-state index in [1.165, 1.54) is 16.3 Å². The van der Waals surface area contributed by atoms with Gasteiger partial charge in [0.25, 0.3) is 0 Å². The van der Waals surface area contributed by atoms with Crippen LogP contribution in [0.4, 0.5) is 0 Å². The highest BCUT2D eigenvalue weighted by Gasteiger charge is 2.18. The van der Waals surface area contributed by atoms with Crippen LogP contribution in [0.2, 0.25) is 0 Å². The first-order chi connectivity index (χ1) is 10.6. The van der Waals surface area contributed by atoms with E-state index >= 15 is 0 Å². The fourth-order valence-corrected chi connectivity index (χ4v) is 3.00. The normalized spacial score (nSPS) is 11.3. The molecule has 0 fully saturated rings. The second kappa shape index (κ2) is 4.49. The van der Waals surface area contributed by atoms with Crippen LogP contribution in [0.1, 0.15) is 15.9 Å². The fraction of sp³-hybridized carbons (Fsp3) is 0.0556. The third-order valence-corrected chi connectivity index (χ3v) is 4.14. The van der Waals surface area contributed by atoms with Crippen molar-refractivity contribution in [2.24, 2.45) is 0 Å². The van der Waals surface area contributed by atoms with Crippen molar-refractivity contribution in [1.82, 2.24) is 9.78 Å². The van der Waals surface area contributed by atoms with Gasteiger partial charge in [0, 0.05) is 17.1 Å². The van der Waals surface area contributed by atoms with E-state index in [4.69, 9.17) is 5.11 Å². The molecule has 2 aromatic carbocycles. The van der Waals surface area contributed by atoms with Gasteiger partial charge < -0.3 is 5.11 Å². The van der Waals surface area contributed by atoms with Crippen molar-refractivity contribution in [3.05, 3.63) is 65.9 Å². The number of nitrogens with one attached hydrogen (secondary N) is 1. The Hall–Kier alpha value is -3.01. The number of aromatic amines is 1. The summed E-state index contributed by atoms with van der Waals surface area (Å²) in [5.74, 6) is -0.922. The summed E-state index contributed by atoms with van der Waals surface area (Å²) in [6.45, 7) is 2.11. The first-order valence-corrected chi connectivity index (χ1v) is 7.07. The Labute approximate surface area is 126 Å². The molecule has 2 aromatic rings. The van der Waals surface area contributed by atoms with Crippen LogP contribution in [-0.4, -0.2) is 20.9 Å². The number of rotatable bonds is 2. The lowest BCUT2D eigenvalue weighted by Gasteiger charge is -2.03. The van der Waals surface area contributed by atoms with Crippen molar-refractivity contribution in [2.75, 3.05) is 0 Å². The second-order valence-corrected chi connectivity index (χ2v) is 5.43. The average Bonchev–Trinajstić information content (AvgIpc) is 3.08. The number of aromatic carboxylic acids is 1. The summed E-state index contributed by atoms with van der Waals surface area (Å²) in [5, 5.41) is 14.9. The monoisotopic (exact) mass is 290 g/mol. The number of carboxylic acid groups (broad SMARTS) is 1. The molecule has 22 heavy (non-hydrogen) atoms. The maximum atomic E-state index is 11.1. The Morgan fingerprint density at radius 3 is 2.64 bits per heavy atom. The summed E-state index contributed by atoms with van der Waals surface area (Å²) in [7, 11) is 0. The number of H-pyrrole nitrogens is 1. The first kappa shape index (κ1) is 12.7. The number of aryl methyl sites for hydroxylation is 1. The Bertz CT molecular complexity index is 978. The average molecular weight is 290 g/mol. The van der Waals surface area contributed by atoms with Crippen molar-refractivity contribution < 1.29 is 9.90 Å². The number of carbonyl (C=O) groups is 1. The smallest absolute Gasteiger partial charge is 0.335 e. The molecule has 0 saturated carbocycles. The van der Waals surface area contributed by atoms with Crippen molar-refractivity contribution in [2.45, 2.75) is 6.92 Å². The minimum atomic E-state index is -0.922. The molecule has 0 saturated heterocycles. The molecule has 0 aromatic heterocycles. The van der Waals surface area contributed by atoms with Gasteiger partial charge in [0.05, 0.1) is 16.9 Å². The molecule has 0 unspecified atom stereocenters. The largest absolute Gasteiger partial charge is 0.478 e. The predicted molar refractivity (Wildman–Crippen MR) is 85.9 cm³/mol. The van der Waals surface area contributed by atoms with Gasteiger partial charge in [-0.1, -0.05) is 30.3 Å². The molecule has 0 spiro atoms. The van der Waals surface area contributed by atoms with Crippen molar-refractivity contribution in [3.8, 4) is 16.9 Å². The molecule has 0 radical (unpaired) electrons. The van der Waals surface area contributed by atoms with E-state index in [0.29, 0.717) is 0 Å². The van der Waals surface area contributed by atoms with Gasteiger partial charge in [-0.15, -0.1) is 0 Å². The molecule has 0 atom stereocenters. The van der Waals surface area contributed by atoms with Gasteiger partial charge >= 0.3 is 5.97 Å². The molecule has 1 aliphatic heterocycles.